The largest absolute Gasteiger partial charge is 0.130 e. The lowest BCUT2D eigenvalue weighted by Gasteiger charge is -2.08. The molecule has 0 bridgehead atoms. The Morgan fingerprint density at radius 2 is 2.09 bits per heavy atom. The van der Waals surface area contributed by atoms with E-state index in [1.807, 2.05) is 25.6 Å². The normalized spacial score (nSPS) is 21.8. The molecule has 1 aliphatic rings. The Morgan fingerprint density at radius 1 is 1.45 bits per heavy atom. The molecule has 0 fully saturated rings. The molecule has 1 unspecified atom stereocenters. The van der Waals surface area contributed by atoms with Crippen molar-refractivity contribution in [2.75, 3.05) is 6.26 Å². The molecule has 1 atom stereocenters. The second kappa shape index (κ2) is 6.53. The second-order valence-electron chi connectivity index (χ2n) is 2.38. The lowest BCUT2D eigenvalue weighted by Crippen LogP contribution is -1.91. The molecule has 0 N–H and O–H groups in total. The smallest absolute Gasteiger partial charge is 0.00263 e. The van der Waals surface area contributed by atoms with Crippen LogP contribution in [-0.2, 0) is 0 Å². The van der Waals surface area contributed by atoms with Crippen molar-refractivity contribution in [3.63, 3.8) is 0 Å². The van der Waals surface area contributed by atoms with Crippen LogP contribution in [0.15, 0.2) is 23.1 Å². The van der Waals surface area contributed by atoms with Crippen LogP contribution in [0, 0.1) is 5.92 Å². The van der Waals surface area contributed by atoms with Crippen LogP contribution in [0.1, 0.15) is 27.2 Å². The van der Waals surface area contributed by atoms with Crippen LogP contribution < -0.4 is 0 Å². The van der Waals surface area contributed by atoms with E-state index in [9.17, 15) is 0 Å². The first-order valence-corrected chi connectivity index (χ1v) is 5.47. The lowest BCUT2D eigenvalue weighted by molar-refractivity contribution is 0.735. The molecular formula is C10H18S. The molecule has 0 radical (unpaired) electrons. The van der Waals surface area contributed by atoms with Crippen LogP contribution in [0.2, 0.25) is 0 Å². The highest BCUT2D eigenvalue weighted by atomic mass is 32.2. The average Bonchev–Trinajstić information content (AvgIpc) is 2.10. The highest BCUT2D eigenvalue weighted by molar-refractivity contribution is 8.02. The van der Waals surface area contributed by atoms with Gasteiger partial charge in [0.15, 0.2) is 0 Å². The van der Waals surface area contributed by atoms with Gasteiger partial charge in [-0.1, -0.05) is 39.0 Å². The highest BCUT2D eigenvalue weighted by Crippen LogP contribution is 2.21. The van der Waals surface area contributed by atoms with Gasteiger partial charge in [0.05, 0.1) is 0 Å². The Morgan fingerprint density at radius 3 is 2.45 bits per heavy atom. The van der Waals surface area contributed by atoms with Gasteiger partial charge >= 0.3 is 0 Å². The molecule has 11 heavy (non-hydrogen) atoms. The third kappa shape index (κ3) is 4.31. The Bertz CT molecular complexity index is 145. The maximum Gasteiger partial charge on any atom is 0.00263 e. The summed E-state index contributed by atoms with van der Waals surface area (Å²) in [5.74, 6) is 0.751. The van der Waals surface area contributed by atoms with Gasteiger partial charge in [-0.3, -0.25) is 0 Å². The van der Waals surface area contributed by atoms with Crippen molar-refractivity contribution in [3.05, 3.63) is 23.1 Å². The van der Waals surface area contributed by atoms with Crippen LogP contribution in [0.3, 0.4) is 0 Å². The van der Waals surface area contributed by atoms with E-state index < -0.39 is 0 Å². The number of hydrogen-bond donors (Lipinski definition) is 0. The summed E-state index contributed by atoms with van der Waals surface area (Å²) in [5, 5.41) is 0. The number of thioether (sulfide) groups is 1. The summed E-state index contributed by atoms with van der Waals surface area (Å²) < 4.78 is 0. The van der Waals surface area contributed by atoms with Crippen LogP contribution in [0.25, 0.3) is 0 Å². The molecule has 0 aliphatic heterocycles. The van der Waals surface area contributed by atoms with Gasteiger partial charge < -0.3 is 0 Å². The molecule has 1 aliphatic carbocycles. The molecule has 64 valence electrons. The average molecular weight is 170 g/mol. The van der Waals surface area contributed by atoms with Gasteiger partial charge in [0, 0.05) is 4.91 Å². The Balaban J connectivity index is 0.000000461. The van der Waals surface area contributed by atoms with E-state index in [1.54, 1.807) is 0 Å². The maximum atomic E-state index is 2.30. The van der Waals surface area contributed by atoms with E-state index in [0.29, 0.717) is 0 Å². The highest BCUT2D eigenvalue weighted by Gasteiger charge is 2.00. The fraction of sp³-hybridized carbons (Fsp3) is 0.600. The molecule has 1 heteroatoms. The van der Waals surface area contributed by atoms with E-state index in [0.717, 1.165) is 5.92 Å². The quantitative estimate of drug-likeness (QED) is 0.576. The second-order valence-corrected chi connectivity index (χ2v) is 3.26. The third-order valence-electron chi connectivity index (χ3n) is 1.52. The minimum atomic E-state index is 0.751. The van der Waals surface area contributed by atoms with Crippen LogP contribution in [-0.4, -0.2) is 6.26 Å². The summed E-state index contributed by atoms with van der Waals surface area (Å²) in [7, 11) is 0. The monoisotopic (exact) mass is 170 g/mol. The minimum absolute atomic E-state index is 0.751. The van der Waals surface area contributed by atoms with Crippen LogP contribution >= 0.6 is 11.8 Å². The van der Waals surface area contributed by atoms with Crippen LogP contribution in [0.5, 0.6) is 0 Å². The minimum Gasteiger partial charge on any atom is -0.130 e. The first-order chi connectivity index (χ1) is 5.33. The zero-order valence-electron chi connectivity index (χ0n) is 7.92. The van der Waals surface area contributed by atoms with Gasteiger partial charge in [0.1, 0.15) is 0 Å². The Hall–Kier alpha value is -0.170. The molecule has 1 rings (SSSR count). The lowest BCUT2D eigenvalue weighted by atomic mass is 10.0. The van der Waals surface area contributed by atoms with Crippen molar-refractivity contribution in [1.29, 1.82) is 0 Å². The first-order valence-electron chi connectivity index (χ1n) is 4.25. The van der Waals surface area contributed by atoms with Gasteiger partial charge in [0.25, 0.3) is 0 Å². The SMILES string of the molecule is CC.CSC1=CCC(C)C=C1. The predicted octanol–water partition coefficient (Wildman–Crippen LogP) is 3.86. The van der Waals surface area contributed by atoms with Gasteiger partial charge in [0.2, 0.25) is 0 Å². The zero-order valence-corrected chi connectivity index (χ0v) is 8.74. The summed E-state index contributed by atoms with van der Waals surface area (Å²) >= 11 is 1.82. The van der Waals surface area contributed by atoms with E-state index in [2.05, 4.69) is 31.4 Å². The topological polar surface area (TPSA) is 0 Å². The van der Waals surface area contributed by atoms with Gasteiger partial charge in [-0.15, -0.1) is 11.8 Å². The predicted molar refractivity (Wildman–Crippen MR) is 55.9 cm³/mol. The molecule has 0 aromatic rings. The molecule has 0 heterocycles. The van der Waals surface area contributed by atoms with Crippen molar-refractivity contribution < 1.29 is 0 Å². The molecule has 0 amide bonds. The summed E-state index contributed by atoms with van der Waals surface area (Å²) in [6.07, 6.45) is 10.1. The summed E-state index contributed by atoms with van der Waals surface area (Å²) in [4.78, 5) is 1.41. The molecule has 0 saturated heterocycles. The summed E-state index contributed by atoms with van der Waals surface area (Å²) in [5.41, 5.74) is 0. The zero-order chi connectivity index (χ0) is 8.69. The molecule has 0 saturated carbocycles. The summed E-state index contributed by atoms with van der Waals surface area (Å²) in [6, 6.07) is 0. The van der Waals surface area contributed by atoms with Crippen molar-refractivity contribution in [3.8, 4) is 0 Å². The van der Waals surface area contributed by atoms with E-state index >= 15 is 0 Å². The van der Waals surface area contributed by atoms with Crippen molar-refractivity contribution in [2.45, 2.75) is 27.2 Å². The summed E-state index contributed by atoms with van der Waals surface area (Å²) in [6.45, 7) is 6.24. The number of allylic oxidation sites excluding steroid dienone is 3. The van der Waals surface area contributed by atoms with E-state index in [1.165, 1.54) is 11.3 Å². The van der Waals surface area contributed by atoms with Crippen molar-refractivity contribution >= 4 is 11.8 Å². The fourth-order valence-electron chi connectivity index (χ4n) is 0.859. The molecule has 0 aromatic heterocycles. The standard InChI is InChI=1S/C8H12S.C2H6/c1-7-3-5-8(9-2)6-4-7;1-2/h3,5-7H,4H2,1-2H3;1-2H3. The van der Waals surface area contributed by atoms with Crippen molar-refractivity contribution in [1.82, 2.24) is 0 Å². The van der Waals surface area contributed by atoms with E-state index in [4.69, 9.17) is 0 Å². The van der Waals surface area contributed by atoms with Gasteiger partial charge in [-0.25, -0.2) is 0 Å². The van der Waals surface area contributed by atoms with Gasteiger partial charge in [-0.05, 0) is 18.6 Å². The van der Waals surface area contributed by atoms with E-state index in [-0.39, 0.29) is 0 Å². The third-order valence-corrected chi connectivity index (χ3v) is 2.29. The molecular weight excluding hydrogens is 152 g/mol. The van der Waals surface area contributed by atoms with Crippen LogP contribution in [0.4, 0.5) is 0 Å². The molecule has 0 nitrogen and oxygen atoms in total. The maximum absolute atomic E-state index is 2.30. The fourth-order valence-corrected chi connectivity index (χ4v) is 1.34. The molecule has 0 spiro atoms. The number of rotatable bonds is 1. The Labute approximate surface area is 74.8 Å². The van der Waals surface area contributed by atoms with Crippen molar-refractivity contribution in [2.24, 2.45) is 5.92 Å². The number of hydrogen-bond acceptors (Lipinski definition) is 1. The first kappa shape index (κ1) is 10.8. The molecule has 0 aromatic carbocycles. The Kier molecular flexibility index (Phi) is 6.43. The van der Waals surface area contributed by atoms with Gasteiger partial charge in [-0.2, -0.15) is 0 Å².